The van der Waals surface area contributed by atoms with E-state index in [0.717, 1.165) is 10.0 Å². The molecule has 5 heteroatoms. The minimum Gasteiger partial charge on any atom is -0.486 e. The van der Waals surface area contributed by atoms with E-state index >= 15 is 0 Å². The first kappa shape index (κ1) is 11.4. The van der Waals surface area contributed by atoms with Gasteiger partial charge in [-0.1, -0.05) is 0 Å². The molecule has 16 heavy (non-hydrogen) atoms. The minimum absolute atomic E-state index is 0.00702. The summed E-state index contributed by atoms with van der Waals surface area (Å²) in [6, 6.07) is 1.73. The van der Waals surface area contributed by atoms with E-state index in [0.29, 0.717) is 30.3 Å². The molecule has 1 aliphatic rings. The third-order valence-electron chi connectivity index (χ3n) is 2.50. The number of hydrogen-bond acceptors (Lipinski definition) is 4. The van der Waals surface area contributed by atoms with Crippen LogP contribution in [0.1, 0.15) is 15.9 Å². The van der Waals surface area contributed by atoms with Gasteiger partial charge in [-0.3, -0.25) is 4.79 Å². The van der Waals surface area contributed by atoms with Crippen molar-refractivity contribution in [3.63, 3.8) is 0 Å². The lowest BCUT2D eigenvalue weighted by atomic mass is 10.0. The van der Waals surface area contributed by atoms with Crippen molar-refractivity contribution >= 4 is 21.7 Å². The zero-order valence-electron chi connectivity index (χ0n) is 8.88. The van der Waals surface area contributed by atoms with Crippen LogP contribution in [0.15, 0.2) is 10.5 Å². The third kappa shape index (κ3) is 1.81. The first-order valence-electron chi connectivity index (χ1n) is 4.97. The molecule has 0 radical (unpaired) electrons. The van der Waals surface area contributed by atoms with Gasteiger partial charge in [-0.25, -0.2) is 0 Å². The molecule has 0 unspecified atom stereocenters. The maximum absolute atomic E-state index is 11.6. The highest BCUT2D eigenvalue weighted by Gasteiger charge is 2.22. The van der Waals surface area contributed by atoms with Crippen molar-refractivity contribution in [2.24, 2.45) is 5.73 Å². The molecule has 0 saturated heterocycles. The summed E-state index contributed by atoms with van der Waals surface area (Å²) in [5.74, 6) is 1.20. The number of carbonyl (C=O) groups is 1. The van der Waals surface area contributed by atoms with Crippen molar-refractivity contribution in [2.75, 3.05) is 19.8 Å². The fourth-order valence-corrected chi connectivity index (χ4v) is 2.22. The highest BCUT2D eigenvalue weighted by molar-refractivity contribution is 9.10. The van der Waals surface area contributed by atoms with Crippen molar-refractivity contribution < 1.29 is 14.3 Å². The smallest absolute Gasteiger partial charge is 0.176 e. The van der Waals surface area contributed by atoms with Gasteiger partial charge in [0.05, 0.1) is 11.0 Å². The van der Waals surface area contributed by atoms with Gasteiger partial charge in [0.25, 0.3) is 0 Å². The second-order valence-corrected chi connectivity index (χ2v) is 4.37. The molecule has 2 rings (SSSR count). The van der Waals surface area contributed by atoms with Gasteiger partial charge < -0.3 is 15.2 Å². The topological polar surface area (TPSA) is 61.6 Å². The Balaban J connectivity index is 2.58. The van der Waals surface area contributed by atoms with Crippen molar-refractivity contribution in [2.45, 2.75) is 6.92 Å². The number of rotatable bonds is 2. The lowest BCUT2D eigenvalue weighted by Gasteiger charge is -2.22. The van der Waals surface area contributed by atoms with Crippen LogP contribution in [0.4, 0.5) is 0 Å². The van der Waals surface area contributed by atoms with Crippen LogP contribution < -0.4 is 15.2 Å². The quantitative estimate of drug-likeness (QED) is 0.840. The second-order valence-electron chi connectivity index (χ2n) is 3.51. The number of fused-ring (bicyclic) bond motifs is 1. The highest BCUT2D eigenvalue weighted by Crippen LogP contribution is 2.41. The molecule has 0 atom stereocenters. The number of Topliss-reactive ketones (excluding diaryl/α,β-unsaturated/α-hetero) is 1. The van der Waals surface area contributed by atoms with Gasteiger partial charge in [0.1, 0.15) is 13.2 Å². The van der Waals surface area contributed by atoms with Crippen LogP contribution in [0.5, 0.6) is 11.5 Å². The standard InChI is InChI=1S/C11H12BrNO3/c1-6-7(9(14)5-13)4-8(12)11-10(6)15-2-3-16-11/h4H,2-3,5,13H2,1H3. The Kier molecular flexibility index (Phi) is 3.16. The summed E-state index contributed by atoms with van der Waals surface area (Å²) in [5, 5.41) is 0. The molecule has 0 spiro atoms. The Morgan fingerprint density at radius 2 is 2.06 bits per heavy atom. The van der Waals surface area contributed by atoms with Crippen LogP contribution in [0, 0.1) is 6.92 Å². The van der Waals surface area contributed by atoms with Crippen LogP contribution in [0.25, 0.3) is 0 Å². The normalized spacial score (nSPS) is 13.7. The predicted molar refractivity (Wildman–Crippen MR) is 63.3 cm³/mol. The van der Waals surface area contributed by atoms with E-state index in [1.165, 1.54) is 0 Å². The summed E-state index contributed by atoms with van der Waals surface area (Å²) in [7, 11) is 0. The molecule has 86 valence electrons. The van der Waals surface area contributed by atoms with Crippen molar-refractivity contribution in [1.29, 1.82) is 0 Å². The van der Waals surface area contributed by atoms with Gasteiger partial charge in [0, 0.05) is 11.1 Å². The van der Waals surface area contributed by atoms with Gasteiger partial charge >= 0.3 is 0 Å². The lowest BCUT2D eigenvalue weighted by molar-refractivity contribution is 0.0999. The molecular weight excluding hydrogens is 274 g/mol. The van der Waals surface area contributed by atoms with Gasteiger partial charge in [0.15, 0.2) is 17.3 Å². The van der Waals surface area contributed by atoms with Crippen LogP contribution in [-0.2, 0) is 0 Å². The molecule has 0 fully saturated rings. The molecular formula is C11H12BrNO3. The molecule has 2 N–H and O–H groups in total. The zero-order chi connectivity index (χ0) is 11.7. The van der Waals surface area contributed by atoms with Crippen molar-refractivity contribution in [3.8, 4) is 11.5 Å². The van der Waals surface area contributed by atoms with Gasteiger partial charge in [-0.15, -0.1) is 0 Å². The second kappa shape index (κ2) is 4.43. The van der Waals surface area contributed by atoms with Gasteiger partial charge in [0.2, 0.25) is 0 Å². The Morgan fingerprint density at radius 1 is 1.44 bits per heavy atom. The summed E-state index contributed by atoms with van der Waals surface area (Å²) in [4.78, 5) is 11.6. The first-order valence-corrected chi connectivity index (χ1v) is 5.76. The molecule has 0 amide bonds. The average molecular weight is 286 g/mol. The lowest BCUT2D eigenvalue weighted by Crippen LogP contribution is -2.20. The minimum atomic E-state index is -0.102. The number of halogens is 1. The van der Waals surface area contributed by atoms with Crippen LogP contribution in [-0.4, -0.2) is 25.5 Å². The maximum Gasteiger partial charge on any atom is 0.176 e. The van der Waals surface area contributed by atoms with Crippen molar-refractivity contribution in [3.05, 3.63) is 21.7 Å². The molecule has 1 heterocycles. The number of nitrogens with two attached hydrogens (primary N) is 1. The number of ether oxygens (including phenoxy) is 2. The number of hydrogen-bond donors (Lipinski definition) is 1. The summed E-state index contributed by atoms with van der Waals surface area (Å²) < 4.78 is 11.7. The fraction of sp³-hybridized carbons (Fsp3) is 0.364. The van der Waals surface area contributed by atoms with E-state index in [1.54, 1.807) is 6.07 Å². The summed E-state index contributed by atoms with van der Waals surface area (Å²) in [6.07, 6.45) is 0. The van der Waals surface area contributed by atoms with E-state index < -0.39 is 0 Å². The van der Waals surface area contributed by atoms with Crippen molar-refractivity contribution in [1.82, 2.24) is 0 Å². The van der Waals surface area contributed by atoms with E-state index in [2.05, 4.69) is 15.9 Å². The van der Waals surface area contributed by atoms with Crippen LogP contribution in [0.3, 0.4) is 0 Å². The third-order valence-corrected chi connectivity index (χ3v) is 3.09. The highest BCUT2D eigenvalue weighted by atomic mass is 79.9. The van der Waals surface area contributed by atoms with Crippen LogP contribution in [0.2, 0.25) is 0 Å². The molecule has 1 aromatic carbocycles. The average Bonchev–Trinajstić information content (AvgIpc) is 2.33. The Hall–Kier alpha value is -1.07. The SMILES string of the molecule is Cc1c(C(=O)CN)cc(Br)c2c1OCCO2. The molecule has 1 aromatic rings. The molecule has 1 aliphatic heterocycles. The molecule has 0 aromatic heterocycles. The zero-order valence-corrected chi connectivity index (χ0v) is 10.5. The largest absolute Gasteiger partial charge is 0.486 e. The van der Waals surface area contributed by atoms with E-state index in [4.69, 9.17) is 15.2 Å². The number of carbonyl (C=O) groups excluding carboxylic acids is 1. The van der Waals surface area contributed by atoms with Gasteiger partial charge in [-0.05, 0) is 28.9 Å². The fourth-order valence-electron chi connectivity index (χ4n) is 1.70. The predicted octanol–water partition coefficient (Wildman–Crippen LogP) is 1.67. The molecule has 0 saturated carbocycles. The summed E-state index contributed by atoms with van der Waals surface area (Å²) >= 11 is 3.37. The van der Waals surface area contributed by atoms with Crippen LogP contribution >= 0.6 is 15.9 Å². The molecule has 0 aliphatic carbocycles. The molecule has 0 bridgehead atoms. The van der Waals surface area contributed by atoms with E-state index in [1.807, 2.05) is 6.92 Å². The summed E-state index contributed by atoms with van der Waals surface area (Å²) in [5.41, 5.74) is 6.73. The van der Waals surface area contributed by atoms with E-state index in [9.17, 15) is 4.79 Å². The Morgan fingerprint density at radius 3 is 2.69 bits per heavy atom. The summed E-state index contributed by atoms with van der Waals surface area (Å²) in [6.45, 7) is 2.85. The first-order chi connectivity index (χ1) is 7.65. The molecule has 4 nitrogen and oxygen atoms in total. The number of ketones is 1. The van der Waals surface area contributed by atoms with Gasteiger partial charge in [-0.2, -0.15) is 0 Å². The Labute approximate surface area is 102 Å². The number of benzene rings is 1. The Bertz CT molecular complexity index is 445. The van der Waals surface area contributed by atoms with E-state index in [-0.39, 0.29) is 12.3 Å². The maximum atomic E-state index is 11.6. The monoisotopic (exact) mass is 285 g/mol.